The summed E-state index contributed by atoms with van der Waals surface area (Å²) in [5.74, 6) is 0.701. The summed E-state index contributed by atoms with van der Waals surface area (Å²) in [5.41, 5.74) is 4.31. The van der Waals surface area contributed by atoms with Crippen LogP contribution in [0.15, 0.2) is 127 Å². The van der Waals surface area contributed by atoms with Crippen LogP contribution in [0.2, 0.25) is 0 Å². The van der Waals surface area contributed by atoms with Gasteiger partial charge >= 0.3 is 0 Å². The Morgan fingerprint density at radius 2 is 1.19 bits per heavy atom. The third kappa shape index (κ3) is 3.35. The molecule has 0 aliphatic carbocycles. The molecule has 4 heterocycles. The van der Waals surface area contributed by atoms with Gasteiger partial charge in [-0.2, -0.15) is 0 Å². The second-order valence-electron chi connectivity index (χ2n) is 11.0. The van der Waals surface area contributed by atoms with Crippen LogP contribution in [0.4, 0.5) is 0 Å². The number of nitrogens with zero attached hydrogens (tertiary/aromatic N) is 3. The first kappa shape index (κ1) is 23.5. The van der Waals surface area contributed by atoms with Crippen molar-refractivity contribution in [3.8, 4) is 17.2 Å². The molecule has 3 nitrogen and oxygen atoms in total. The minimum Gasteiger partial charge on any atom is -0.278 e. The molecular formula is C38H21N3S2. The highest BCUT2D eigenvalue weighted by Crippen LogP contribution is 2.42. The van der Waals surface area contributed by atoms with E-state index in [1.54, 1.807) is 11.3 Å². The minimum atomic E-state index is 0.701. The lowest BCUT2D eigenvalue weighted by Crippen LogP contribution is -2.02. The van der Waals surface area contributed by atoms with Crippen LogP contribution in [0.25, 0.3) is 90.3 Å². The molecule has 0 spiro atoms. The van der Waals surface area contributed by atoms with Crippen molar-refractivity contribution in [3.05, 3.63) is 127 Å². The Labute approximate surface area is 253 Å². The van der Waals surface area contributed by atoms with Gasteiger partial charge in [-0.25, -0.2) is 9.97 Å². The summed E-state index contributed by atoms with van der Waals surface area (Å²) in [6, 6.07) is 45.8. The van der Waals surface area contributed by atoms with Gasteiger partial charge in [-0.05, 0) is 47.2 Å². The second kappa shape index (κ2) is 8.71. The topological polar surface area (TPSA) is 30.7 Å². The molecule has 0 aliphatic rings. The summed E-state index contributed by atoms with van der Waals surface area (Å²) < 4.78 is 6.10. The van der Waals surface area contributed by atoms with Crippen LogP contribution < -0.4 is 0 Å². The van der Waals surface area contributed by atoms with Crippen molar-refractivity contribution in [1.82, 2.24) is 14.5 Å². The highest BCUT2D eigenvalue weighted by molar-refractivity contribution is 7.26. The smallest absolute Gasteiger partial charge is 0.236 e. The van der Waals surface area contributed by atoms with Gasteiger partial charge in [0.15, 0.2) is 0 Å². The summed E-state index contributed by atoms with van der Waals surface area (Å²) in [6.07, 6.45) is 0. The van der Waals surface area contributed by atoms with Gasteiger partial charge in [-0.1, -0.05) is 91.0 Å². The molecule has 0 atom stereocenters. The molecule has 0 unspecified atom stereocenters. The first-order valence-corrected chi connectivity index (χ1v) is 16.0. The quantitative estimate of drug-likeness (QED) is 0.203. The monoisotopic (exact) mass is 583 g/mol. The van der Waals surface area contributed by atoms with Crippen LogP contribution in [0, 0.1) is 0 Å². The number of hydrogen-bond donors (Lipinski definition) is 0. The molecular weight excluding hydrogens is 563 g/mol. The number of rotatable bonds is 2. The van der Waals surface area contributed by atoms with Gasteiger partial charge in [0, 0.05) is 52.0 Å². The molecule has 6 aromatic carbocycles. The second-order valence-corrected chi connectivity index (χ2v) is 13.1. The average molecular weight is 584 g/mol. The van der Waals surface area contributed by atoms with E-state index in [2.05, 4.69) is 132 Å². The normalized spacial score (nSPS) is 12.2. The molecule has 0 amide bonds. The first-order valence-electron chi connectivity index (χ1n) is 14.3. The molecule has 10 aromatic rings. The van der Waals surface area contributed by atoms with E-state index in [1.807, 2.05) is 11.3 Å². The van der Waals surface area contributed by atoms with E-state index in [0.717, 1.165) is 32.5 Å². The Kier molecular flexibility index (Phi) is 4.75. The van der Waals surface area contributed by atoms with Crippen molar-refractivity contribution in [2.75, 3.05) is 0 Å². The fourth-order valence-electron chi connectivity index (χ4n) is 6.66. The van der Waals surface area contributed by atoms with Gasteiger partial charge in [-0.3, -0.25) is 4.57 Å². The summed E-state index contributed by atoms with van der Waals surface area (Å²) in [4.78, 5) is 11.7. The number of para-hydroxylation sites is 1. The minimum absolute atomic E-state index is 0.701. The van der Waals surface area contributed by atoms with E-state index in [9.17, 15) is 0 Å². The maximum Gasteiger partial charge on any atom is 0.236 e. The standard InChI is InChI=1S/C38H21N3S2/c1-2-10-23-19-24(18-17-22(23)9-1)36-35-27-13-5-8-16-33(27)43-37(35)40-38(39-36)41-30-14-6-3-11-25(30)28-21-34-29(20-31(28)41)26-12-4-7-15-32(26)42-34/h1-21H. The Morgan fingerprint density at radius 1 is 0.465 bits per heavy atom. The number of benzene rings is 6. The van der Waals surface area contributed by atoms with Crippen LogP contribution in [0.3, 0.4) is 0 Å². The van der Waals surface area contributed by atoms with Crippen LogP contribution in [0.1, 0.15) is 0 Å². The zero-order valence-electron chi connectivity index (χ0n) is 22.8. The Morgan fingerprint density at radius 3 is 2.07 bits per heavy atom. The van der Waals surface area contributed by atoms with Gasteiger partial charge in [0.2, 0.25) is 5.95 Å². The molecule has 0 aliphatic heterocycles. The largest absolute Gasteiger partial charge is 0.278 e. The molecule has 10 rings (SSSR count). The lowest BCUT2D eigenvalue weighted by molar-refractivity contribution is 1.02. The number of hydrogen-bond acceptors (Lipinski definition) is 4. The zero-order chi connectivity index (χ0) is 28.1. The molecule has 5 heteroatoms. The van der Waals surface area contributed by atoms with E-state index >= 15 is 0 Å². The number of fused-ring (bicyclic) bond motifs is 10. The summed E-state index contributed by atoms with van der Waals surface area (Å²) in [6.45, 7) is 0. The Hall–Kier alpha value is -5.10. The molecule has 0 N–H and O–H groups in total. The first-order chi connectivity index (χ1) is 21.3. The predicted molar refractivity (Wildman–Crippen MR) is 185 cm³/mol. The molecule has 0 bridgehead atoms. The average Bonchev–Trinajstić information content (AvgIpc) is 3.72. The maximum atomic E-state index is 5.43. The SMILES string of the molecule is c1ccc2cc(-c3nc(-n4c5ccccc5c5cc6sc7ccccc7c6cc54)nc4sc5ccccc5c34)ccc2c1. The third-order valence-corrected chi connectivity index (χ3v) is 10.8. The zero-order valence-corrected chi connectivity index (χ0v) is 24.4. The highest BCUT2D eigenvalue weighted by atomic mass is 32.1. The van der Waals surface area contributed by atoms with Crippen molar-refractivity contribution in [2.45, 2.75) is 0 Å². The predicted octanol–water partition coefficient (Wildman–Crippen LogP) is 11.1. The van der Waals surface area contributed by atoms with E-state index in [1.165, 1.54) is 51.8 Å². The highest BCUT2D eigenvalue weighted by Gasteiger charge is 2.21. The summed E-state index contributed by atoms with van der Waals surface area (Å²) in [7, 11) is 0. The summed E-state index contributed by atoms with van der Waals surface area (Å²) in [5, 5.41) is 9.75. The van der Waals surface area contributed by atoms with Gasteiger partial charge in [0.1, 0.15) is 4.83 Å². The van der Waals surface area contributed by atoms with Gasteiger partial charge in [0.05, 0.1) is 16.7 Å². The molecule has 0 fully saturated rings. The van der Waals surface area contributed by atoms with E-state index in [4.69, 9.17) is 9.97 Å². The lowest BCUT2D eigenvalue weighted by Gasteiger charge is -2.11. The van der Waals surface area contributed by atoms with Crippen LogP contribution in [-0.4, -0.2) is 14.5 Å². The third-order valence-electron chi connectivity index (χ3n) is 8.62. The van der Waals surface area contributed by atoms with Gasteiger partial charge < -0.3 is 0 Å². The molecule has 43 heavy (non-hydrogen) atoms. The summed E-state index contributed by atoms with van der Waals surface area (Å²) >= 11 is 3.60. The van der Waals surface area contributed by atoms with Crippen molar-refractivity contribution in [3.63, 3.8) is 0 Å². The Balaban J connectivity index is 1.35. The van der Waals surface area contributed by atoms with E-state index in [0.29, 0.717) is 5.95 Å². The van der Waals surface area contributed by atoms with E-state index in [-0.39, 0.29) is 0 Å². The van der Waals surface area contributed by atoms with Crippen molar-refractivity contribution < 1.29 is 0 Å². The van der Waals surface area contributed by atoms with Crippen LogP contribution in [0.5, 0.6) is 0 Å². The van der Waals surface area contributed by atoms with Crippen molar-refractivity contribution in [2.24, 2.45) is 0 Å². The van der Waals surface area contributed by atoms with E-state index < -0.39 is 0 Å². The van der Waals surface area contributed by atoms with Crippen molar-refractivity contribution >= 4 is 95.7 Å². The maximum absolute atomic E-state index is 5.43. The Bertz CT molecular complexity index is 2750. The molecule has 0 radical (unpaired) electrons. The molecule has 0 saturated heterocycles. The lowest BCUT2D eigenvalue weighted by atomic mass is 10.0. The van der Waals surface area contributed by atoms with Crippen LogP contribution >= 0.6 is 22.7 Å². The number of aromatic nitrogens is 3. The molecule has 0 saturated carbocycles. The van der Waals surface area contributed by atoms with Crippen LogP contribution in [-0.2, 0) is 0 Å². The number of thiophene rings is 2. The van der Waals surface area contributed by atoms with Gasteiger partial charge in [0.25, 0.3) is 0 Å². The van der Waals surface area contributed by atoms with Crippen molar-refractivity contribution in [1.29, 1.82) is 0 Å². The molecule has 4 aromatic heterocycles. The molecule has 200 valence electrons. The fourth-order valence-corrected chi connectivity index (χ4v) is 8.86. The fraction of sp³-hybridized carbons (Fsp3) is 0. The van der Waals surface area contributed by atoms with Gasteiger partial charge in [-0.15, -0.1) is 22.7 Å².